The lowest BCUT2D eigenvalue weighted by Crippen LogP contribution is -2.48. The van der Waals surface area contributed by atoms with E-state index < -0.39 is 10.0 Å². The third-order valence-electron chi connectivity index (χ3n) is 5.86. The molecule has 2 aromatic rings. The second-order valence-electron chi connectivity index (χ2n) is 8.29. The number of methoxy groups -OCH3 is 1. The Kier molecular flexibility index (Phi) is 7.66. The molecule has 3 rings (SSSR count). The largest absolute Gasteiger partial charge is 0.497 e. The fourth-order valence-electron chi connectivity index (χ4n) is 3.99. The molecule has 1 amide bonds. The number of rotatable bonds is 8. The Labute approximate surface area is 191 Å². The molecular formula is C24H33N3O4S. The zero-order valence-electron chi connectivity index (χ0n) is 19.4. The molecule has 174 valence electrons. The highest BCUT2D eigenvalue weighted by molar-refractivity contribution is 7.92. The molecule has 32 heavy (non-hydrogen) atoms. The highest BCUT2D eigenvalue weighted by Gasteiger charge is 2.23. The van der Waals surface area contributed by atoms with Gasteiger partial charge in [0.15, 0.2) is 0 Å². The summed E-state index contributed by atoms with van der Waals surface area (Å²) in [6.45, 7) is 7.01. The Morgan fingerprint density at radius 3 is 2.28 bits per heavy atom. The van der Waals surface area contributed by atoms with Gasteiger partial charge in [0.2, 0.25) is 15.9 Å². The molecule has 0 bridgehead atoms. The van der Waals surface area contributed by atoms with Gasteiger partial charge in [-0.2, -0.15) is 0 Å². The van der Waals surface area contributed by atoms with Crippen molar-refractivity contribution in [3.05, 3.63) is 53.6 Å². The smallest absolute Gasteiger partial charge is 0.232 e. The fourth-order valence-corrected chi connectivity index (χ4v) is 5.01. The van der Waals surface area contributed by atoms with Crippen LogP contribution in [-0.2, 0) is 14.8 Å². The number of nitrogens with zero attached hydrogens (tertiary/aromatic N) is 3. The topological polar surface area (TPSA) is 70.2 Å². The van der Waals surface area contributed by atoms with E-state index in [0.717, 1.165) is 35.7 Å². The fraction of sp³-hybridized carbons (Fsp3) is 0.458. The number of sulfonamides is 1. The van der Waals surface area contributed by atoms with Crippen molar-refractivity contribution in [1.29, 1.82) is 0 Å². The van der Waals surface area contributed by atoms with Gasteiger partial charge < -0.3 is 14.5 Å². The number of carbonyl (C=O) groups excluding carboxylic acids is 1. The lowest BCUT2D eigenvalue weighted by molar-refractivity contribution is -0.131. The van der Waals surface area contributed by atoms with Gasteiger partial charge in [0.05, 0.1) is 19.1 Å². The van der Waals surface area contributed by atoms with Crippen LogP contribution < -0.4 is 13.9 Å². The van der Waals surface area contributed by atoms with Gasteiger partial charge in [0.25, 0.3) is 0 Å². The zero-order valence-corrected chi connectivity index (χ0v) is 20.2. The third-order valence-corrected chi connectivity index (χ3v) is 7.04. The van der Waals surface area contributed by atoms with E-state index in [1.54, 1.807) is 7.11 Å². The molecule has 0 radical (unpaired) electrons. The first kappa shape index (κ1) is 23.9. The van der Waals surface area contributed by atoms with Crippen molar-refractivity contribution in [2.45, 2.75) is 26.7 Å². The van der Waals surface area contributed by atoms with E-state index in [9.17, 15) is 13.2 Å². The first-order chi connectivity index (χ1) is 15.2. The van der Waals surface area contributed by atoms with Crippen LogP contribution in [0.5, 0.6) is 5.75 Å². The summed E-state index contributed by atoms with van der Waals surface area (Å²) in [4.78, 5) is 16.9. The Morgan fingerprint density at radius 2 is 1.69 bits per heavy atom. The van der Waals surface area contributed by atoms with Crippen LogP contribution in [-0.4, -0.2) is 65.3 Å². The number of hydrogen-bond acceptors (Lipinski definition) is 5. The number of ether oxygens (including phenoxy) is 1. The number of aryl methyl sites for hydroxylation is 2. The third kappa shape index (κ3) is 5.94. The molecule has 1 heterocycles. The molecular weight excluding hydrogens is 426 g/mol. The first-order valence-corrected chi connectivity index (χ1v) is 12.8. The summed E-state index contributed by atoms with van der Waals surface area (Å²) >= 11 is 0. The quantitative estimate of drug-likeness (QED) is 0.606. The van der Waals surface area contributed by atoms with E-state index in [2.05, 4.69) is 4.90 Å². The molecule has 0 aromatic heterocycles. The number of piperazine rings is 1. The minimum Gasteiger partial charge on any atom is -0.497 e. The van der Waals surface area contributed by atoms with Gasteiger partial charge in [-0.25, -0.2) is 8.42 Å². The summed E-state index contributed by atoms with van der Waals surface area (Å²) in [5, 5.41) is 0. The van der Waals surface area contributed by atoms with Crippen LogP contribution in [0.4, 0.5) is 11.4 Å². The van der Waals surface area contributed by atoms with Crippen LogP contribution in [0.15, 0.2) is 42.5 Å². The molecule has 7 nitrogen and oxygen atoms in total. The van der Waals surface area contributed by atoms with E-state index >= 15 is 0 Å². The maximum absolute atomic E-state index is 12.7. The van der Waals surface area contributed by atoms with Crippen LogP contribution in [0, 0.1) is 13.8 Å². The molecule has 1 aliphatic rings. The molecule has 1 aliphatic heterocycles. The monoisotopic (exact) mass is 459 g/mol. The van der Waals surface area contributed by atoms with Crippen LogP contribution in [0.2, 0.25) is 0 Å². The molecule has 2 aromatic carbocycles. The highest BCUT2D eigenvalue weighted by atomic mass is 32.2. The van der Waals surface area contributed by atoms with Gasteiger partial charge >= 0.3 is 0 Å². The Balaban J connectivity index is 1.53. The highest BCUT2D eigenvalue weighted by Crippen LogP contribution is 2.25. The van der Waals surface area contributed by atoms with Crippen molar-refractivity contribution in [2.75, 3.05) is 55.3 Å². The van der Waals surface area contributed by atoms with Crippen LogP contribution in [0.3, 0.4) is 0 Å². The van der Waals surface area contributed by atoms with Gasteiger partial charge in [0.1, 0.15) is 5.75 Å². The molecule has 0 unspecified atom stereocenters. The molecule has 1 saturated heterocycles. The maximum Gasteiger partial charge on any atom is 0.232 e. The standard InChI is InChI=1S/C24H33N3O4S/c1-19-7-8-20(2)23(18-19)27(32(4,29)30)13-5-6-24(28)26-16-14-25(15-17-26)21-9-11-22(31-3)12-10-21/h7-12,18H,5-6,13-17H2,1-4H3. The van der Waals surface area contributed by atoms with Crippen molar-refractivity contribution in [1.82, 2.24) is 4.90 Å². The van der Waals surface area contributed by atoms with Crippen molar-refractivity contribution in [3.63, 3.8) is 0 Å². The molecule has 0 spiro atoms. The number of anilines is 2. The number of hydrogen-bond donors (Lipinski definition) is 0. The summed E-state index contributed by atoms with van der Waals surface area (Å²) in [5.41, 5.74) is 3.72. The number of benzene rings is 2. The minimum atomic E-state index is -3.43. The first-order valence-electron chi connectivity index (χ1n) is 10.9. The Bertz CT molecular complexity index is 1030. The van der Waals surface area contributed by atoms with Gasteiger partial charge in [-0.3, -0.25) is 9.10 Å². The van der Waals surface area contributed by atoms with E-state index in [-0.39, 0.29) is 5.91 Å². The summed E-state index contributed by atoms with van der Waals surface area (Å²) in [5.74, 6) is 0.903. The second-order valence-corrected chi connectivity index (χ2v) is 10.2. The Hall–Kier alpha value is -2.74. The van der Waals surface area contributed by atoms with Crippen molar-refractivity contribution >= 4 is 27.3 Å². The van der Waals surface area contributed by atoms with Gasteiger partial charge in [-0.05, 0) is 61.7 Å². The van der Waals surface area contributed by atoms with Gasteiger partial charge in [-0.1, -0.05) is 12.1 Å². The molecule has 8 heteroatoms. The molecule has 0 aliphatic carbocycles. The predicted molar refractivity (Wildman–Crippen MR) is 129 cm³/mol. The minimum absolute atomic E-state index is 0.0776. The molecule has 0 saturated carbocycles. The van der Waals surface area contributed by atoms with Gasteiger partial charge in [-0.15, -0.1) is 0 Å². The molecule has 1 fully saturated rings. The average Bonchev–Trinajstić information content (AvgIpc) is 2.78. The lowest BCUT2D eigenvalue weighted by Gasteiger charge is -2.36. The van der Waals surface area contributed by atoms with E-state index in [4.69, 9.17) is 4.74 Å². The lowest BCUT2D eigenvalue weighted by atomic mass is 10.1. The van der Waals surface area contributed by atoms with E-state index in [1.807, 2.05) is 61.2 Å². The zero-order chi connectivity index (χ0) is 23.3. The molecule has 0 atom stereocenters. The van der Waals surface area contributed by atoms with E-state index in [0.29, 0.717) is 38.2 Å². The summed E-state index contributed by atoms with van der Waals surface area (Å²) in [7, 11) is -1.78. The number of amides is 1. The maximum atomic E-state index is 12.7. The SMILES string of the molecule is COc1ccc(N2CCN(C(=O)CCCN(c3cc(C)ccc3C)S(C)(=O)=O)CC2)cc1. The second kappa shape index (κ2) is 10.3. The summed E-state index contributed by atoms with van der Waals surface area (Å²) < 4.78 is 31.4. The summed E-state index contributed by atoms with van der Waals surface area (Å²) in [6, 6.07) is 13.7. The normalized spacial score (nSPS) is 14.4. The Morgan fingerprint density at radius 1 is 1.03 bits per heavy atom. The summed E-state index contributed by atoms with van der Waals surface area (Å²) in [6.07, 6.45) is 2.03. The van der Waals surface area contributed by atoms with Crippen molar-refractivity contribution in [2.24, 2.45) is 0 Å². The van der Waals surface area contributed by atoms with Crippen molar-refractivity contribution < 1.29 is 17.9 Å². The number of carbonyl (C=O) groups is 1. The average molecular weight is 460 g/mol. The molecule has 0 N–H and O–H groups in total. The van der Waals surface area contributed by atoms with Crippen molar-refractivity contribution in [3.8, 4) is 5.75 Å². The van der Waals surface area contributed by atoms with Crippen LogP contribution >= 0.6 is 0 Å². The van der Waals surface area contributed by atoms with E-state index in [1.165, 1.54) is 10.6 Å². The van der Waals surface area contributed by atoms with Gasteiger partial charge in [0, 0.05) is 44.8 Å². The predicted octanol–water partition coefficient (Wildman–Crippen LogP) is 3.21. The van der Waals surface area contributed by atoms with Crippen LogP contribution in [0.1, 0.15) is 24.0 Å². The van der Waals surface area contributed by atoms with Crippen LogP contribution in [0.25, 0.3) is 0 Å².